The molecule has 2 saturated carbocycles. The number of methoxy groups -OCH3 is 1. The standard InChI is InChI=1S/C23H34N8O/c1-16(12-32-2)29-17-3-5-18(6-4-17)30-21-11-19(27-15-28-21)22-25-10-7-20(31-22)26-14-23(13-24)8-9-23/h7,11,15-18,26,29H,3-6,8-10,12,14H2,1-2H3,(H,25,31)(H,27,28,30)/t16-,17?,18?/m1/s1. The Balaban J connectivity index is 1.27. The third-order valence-electron chi connectivity index (χ3n) is 6.43. The van der Waals surface area contributed by atoms with Crippen LogP contribution in [-0.4, -0.2) is 60.7 Å². The number of amidine groups is 1. The van der Waals surface area contributed by atoms with Crippen LogP contribution in [0.3, 0.4) is 0 Å². The molecule has 0 amide bonds. The zero-order valence-corrected chi connectivity index (χ0v) is 19.0. The molecule has 0 saturated heterocycles. The minimum atomic E-state index is -0.195. The summed E-state index contributed by atoms with van der Waals surface area (Å²) in [6.07, 6.45) is 10.0. The fourth-order valence-electron chi connectivity index (χ4n) is 4.33. The number of aliphatic imine (C=N–C) groups is 1. The van der Waals surface area contributed by atoms with Crippen molar-refractivity contribution in [3.63, 3.8) is 0 Å². The maximum atomic E-state index is 9.27. The fraction of sp³-hybridized carbons (Fsp3) is 0.652. The van der Waals surface area contributed by atoms with Crippen LogP contribution in [0.4, 0.5) is 5.82 Å². The molecule has 1 aromatic heterocycles. The molecule has 0 bridgehead atoms. The number of nitrogens with zero attached hydrogens (tertiary/aromatic N) is 4. The second kappa shape index (κ2) is 10.3. The first-order valence-corrected chi connectivity index (χ1v) is 11.6. The Hall–Kier alpha value is -2.70. The molecule has 9 nitrogen and oxygen atoms in total. The molecule has 1 atom stereocenters. The summed E-state index contributed by atoms with van der Waals surface area (Å²) in [4.78, 5) is 13.4. The van der Waals surface area contributed by atoms with Gasteiger partial charge in [-0.3, -0.25) is 4.99 Å². The summed E-state index contributed by atoms with van der Waals surface area (Å²) in [6.45, 7) is 4.15. The first-order valence-electron chi connectivity index (χ1n) is 11.6. The molecule has 2 heterocycles. The van der Waals surface area contributed by atoms with E-state index in [9.17, 15) is 5.26 Å². The second-order valence-electron chi connectivity index (χ2n) is 9.18. The van der Waals surface area contributed by atoms with Crippen LogP contribution in [0.2, 0.25) is 0 Å². The molecular weight excluding hydrogens is 404 g/mol. The molecular formula is C23H34N8O. The van der Waals surface area contributed by atoms with E-state index in [-0.39, 0.29) is 5.41 Å². The summed E-state index contributed by atoms with van der Waals surface area (Å²) in [6, 6.07) is 5.71. The van der Waals surface area contributed by atoms with Gasteiger partial charge in [0.2, 0.25) is 0 Å². The molecule has 4 rings (SSSR count). The van der Waals surface area contributed by atoms with E-state index < -0.39 is 0 Å². The predicted octanol–water partition coefficient (Wildman–Crippen LogP) is 1.91. The summed E-state index contributed by atoms with van der Waals surface area (Å²) in [7, 11) is 1.75. The smallest absolute Gasteiger partial charge is 0.153 e. The highest BCUT2D eigenvalue weighted by atomic mass is 16.5. The van der Waals surface area contributed by atoms with Gasteiger partial charge in [0, 0.05) is 37.8 Å². The zero-order valence-electron chi connectivity index (χ0n) is 19.0. The Morgan fingerprint density at radius 3 is 2.75 bits per heavy atom. The fourth-order valence-corrected chi connectivity index (χ4v) is 4.33. The highest BCUT2D eigenvalue weighted by molar-refractivity contribution is 5.99. The first kappa shape index (κ1) is 22.5. The van der Waals surface area contributed by atoms with Crippen molar-refractivity contribution in [1.29, 1.82) is 5.26 Å². The van der Waals surface area contributed by atoms with Gasteiger partial charge in [-0.1, -0.05) is 0 Å². The van der Waals surface area contributed by atoms with E-state index in [1.807, 2.05) is 12.1 Å². The molecule has 0 unspecified atom stereocenters. The molecule has 1 aromatic rings. The molecule has 9 heteroatoms. The molecule has 32 heavy (non-hydrogen) atoms. The van der Waals surface area contributed by atoms with Crippen LogP contribution in [-0.2, 0) is 4.74 Å². The van der Waals surface area contributed by atoms with Gasteiger partial charge in [0.25, 0.3) is 0 Å². The number of nitriles is 1. The van der Waals surface area contributed by atoms with E-state index >= 15 is 0 Å². The Bertz CT molecular complexity index is 880. The van der Waals surface area contributed by atoms with Crippen molar-refractivity contribution in [2.24, 2.45) is 10.4 Å². The van der Waals surface area contributed by atoms with Gasteiger partial charge in [-0.2, -0.15) is 5.26 Å². The molecule has 1 aliphatic heterocycles. The second-order valence-corrected chi connectivity index (χ2v) is 9.18. The maximum Gasteiger partial charge on any atom is 0.153 e. The molecule has 0 aromatic carbocycles. The van der Waals surface area contributed by atoms with Crippen molar-refractivity contribution in [3.05, 3.63) is 30.0 Å². The highest BCUT2D eigenvalue weighted by Gasteiger charge is 2.43. The van der Waals surface area contributed by atoms with Crippen LogP contribution in [0, 0.1) is 16.7 Å². The lowest BCUT2D eigenvalue weighted by atomic mass is 9.90. The highest BCUT2D eigenvalue weighted by Crippen LogP contribution is 2.44. The van der Waals surface area contributed by atoms with Crippen molar-refractivity contribution in [1.82, 2.24) is 25.9 Å². The summed E-state index contributed by atoms with van der Waals surface area (Å²) >= 11 is 0. The van der Waals surface area contributed by atoms with Crippen LogP contribution in [0.1, 0.15) is 51.1 Å². The average molecular weight is 439 g/mol. The number of nitrogens with one attached hydrogen (secondary N) is 4. The van der Waals surface area contributed by atoms with Crippen molar-refractivity contribution in [3.8, 4) is 6.07 Å². The van der Waals surface area contributed by atoms with E-state index in [0.29, 0.717) is 31.2 Å². The van der Waals surface area contributed by atoms with Gasteiger partial charge in [-0.25, -0.2) is 9.97 Å². The SMILES string of the molecule is COC[C@@H](C)NC1CCC(Nc2cc(C3=NCC=C(NCC4(C#N)CC4)N3)ncn2)CC1. The maximum absolute atomic E-state index is 9.27. The summed E-state index contributed by atoms with van der Waals surface area (Å²) in [5, 5.41) is 23.2. The van der Waals surface area contributed by atoms with Crippen LogP contribution >= 0.6 is 0 Å². The number of hydrogen-bond donors (Lipinski definition) is 4. The number of rotatable bonds is 10. The molecule has 3 aliphatic rings. The van der Waals surface area contributed by atoms with E-state index in [1.165, 1.54) is 0 Å². The van der Waals surface area contributed by atoms with Gasteiger partial charge in [0.05, 0.1) is 24.6 Å². The lowest BCUT2D eigenvalue weighted by Crippen LogP contribution is -2.43. The van der Waals surface area contributed by atoms with E-state index in [1.54, 1.807) is 13.4 Å². The summed E-state index contributed by atoms with van der Waals surface area (Å²) in [5.74, 6) is 2.44. The van der Waals surface area contributed by atoms with Crippen molar-refractivity contribution in [2.45, 2.75) is 63.6 Å². The topological polar surface area (TPSA) is 119 Å². The van der Waals surface area contributed by atoms with Gasteiger partial charge in [0.1, 0.15) is 23.7 Å². The van der Waals surface area contributed by atoms with Crippen LogP contribution < -0.4 is 21.3 Å². The quantitative estimate of drug-likeness (QED) is 0.437. The number of hydrogen-bond acceptors (Lipinski definition) is 9. The Kier molecular flexibility index (Phi) is 7.22. The minimum Gasteiger partial charge on any atom is -0.383 e. The molecule has 0 radical (unpaired) electrons. The molecule has 2 aliphatic carbocycles. The average Bonchev–Trinajstić information content (AvgIpc) is 3.60. The van der Waals surface area contributed by atoms with Crippen LogP contribution in [0.5, 0.6) is 0 Å². The molecule has 0 spiro atoms. The zero-order chi connectivity index (χ0) is 22.4. The Labute approximate surface area is 190 Å². The molecule has 172 valence electrons. The monoisotopic (exact) mass is 438 g/mol. The van der Waals surface area contributed by atoms with Crippen LogP contribution in [0.15, 0.2) is 29.3 Å². The minimum absolute atomic E-state index is 0.195. The summed E-state index contributed by atoms with van der Waals surface area (Å²) in [5.41, 5.74) is 0.569. The number of aromatic nitrogens is 2. The number of ether oxygens (including phenoxy) is 1. The molecule has 2 fully saturated rings. The van der Waals surface area contributed by atoms with E-state index in [0.717, 1.165) is 68.3 Å². The van der Waals surface area contributed by atoms with Gasteiger partial charge < -0.3 is 26.0 Å². The van der Waals surface area contributed by atoms with E-state index in [4.69, 9.17) is 4.74 Å². The molecule has 4 N–H and O–H groups in total. The van der Waals surface area contributed by atoms with Crippen LogP contribution in [0.25, 0.3) is 0 Å². The van der Waals surface area contributed by atoms with Gasteiger partial charge in [-0.05, 0) is 51.5 Å². The van der Waals surface area contributed by atoms with Crippen molar-refractivity contribution >= 4 is 11.7 Å². The van der Waals surface area contributed by atoms with Crippen molar-refractivity contribution in [2.75, 3.05) is 32.1 Å². The lowest BCUT2D eigenvalue weighted by Gasteiger charge is -2.31. The third kappa shape index (κ3) is 5.96. The predicted molar refractivity (Wildman–Crippen MR) is 124 cm³/mol. The third-order valence-corrected chi connectivity index (χ3v) is 6.43. The summed E-state index contributed by atoms with van der Waals surface area (Å²) < 4.78 is 5.23. The van der Waals surface area contributed by atoms with Gasteiger partial charge in [-0.15, -0.1) is 0 Å². The van der Waals surface area contributed by atoms with Gasteiger partial charge in [0.15, 0.2) is 5.84 Å². The first-order chi connectivity index (χ1) is 15.6. The number of anilines is 1. The Morgan fingerprint density at radius 1 is 1.25 bits per heavy atom. The Morgan fingerprint density at radius 2 is 2.03 bits per heavy atom. The van der Waals surface area contributed by atoms with E-state index in [2.05, 4.69) is 49.2 Å². The van der Waals surface area contributed by atoms with Crippen molar-refractivity contribution < 1.29 is 4.74 Å². The lowest BCUT2D eigenvalue weighted by molar-refractivity contribution is 0.161. The van der Waals surface area contributed by atoms with Gasteiger partial charge >= 0.3 is 0 Å². The largest absolute Gasteiger partial charge is 0.383 e. The normalized spacial score (nSPS) is 24.9.